The molecule has 1 aromatic carbocycles. The van der Waals surface area contributed by atoms with Gasteiger partial charge < -0.3 is 14.8 Å². The van der Waals surface area contributed by atoms with E-state index in [9.17, 15) is 14.7 Å². The molecule has 21 heavy (non-hydrogen) atoms. The maximum absolute atomic E-state index is 11.5. The molecule has 0 spiro atoms. The zero-order valence-corrected chi connectivity index (χ0v) is 10.9. The number of furan rings is 1. The van der Waals surface area contributed by atoms with Crippen molar-refractivity contribution < 1.29 is 19.1 Å². The van der Waals surface area contributed by atoms with E-state index in [1.807, 2.05) is 0 Å². The van der Waals surface area contributed by atoms with Gasteiger partial charge in [-0.05, 0) is 24.3 Å². The number of phenolic OH excluding ortho intramolecular Hbond substituents is 1. The SMILES string of the molecule is O=C(NCc1ccco1)C(=O)N/N=C\c1ccccc1O. The Bertz CT molecular complexity index is 650. The molecular weight excluding hydrogens is 274 g/mol. The first-order chi connectivity index (χ1) is 10.2. The molecule has 0 saturated carbocycles. The minimum atomic E-state index is -0.909. The Kier molecular flexibility index (Phi) is 4.70. The summed E-state index contributed by atoms with van der Waals surface area (Å²) in [5.74, 6) is -1.18. The third-order valence-corrected chi connectivity index (χ3v) is 2.52. The van der Waals surface area contributed by atoms with E-state index in [1.165, 1.54) is 18.5 Å². The van der Waals surface area contributed by atoms with Crippen LogP contribution >= 0.6 is 0 Å². The molecule has 108 valence electrons. The molecule has 0 fully saturated rings. The monoisotopic (exact) mass is 287 g/mol. The molecule has 0 bridgehead atoms. The van der Waals surface area contributed by atoms with Gasteiger partial charge in [0, 0.05) is 5.56 Å². The Morgan fingerprint density at radius 2 is 2.00 bits per heavy atom. The summed E-state index contributed by atoms with van der Waals surface area (Å²) in [5, 5.41) is 15.5. The lowest BCUT2D eigenvalue weighted by Crippen LogP contribution is -2.37. The quantitative estimate of drug-likeness (QED) is 0.438. The van der Waals surface area contributed by atoms with E-state index < -0.39 is 11.8 Å². The van der Waals surface area contributed by atoms with Crippen LogP contribution in [0.3, 0.4) is 0 Å². The second kappa shape index (κ2) is 6.90. The minimum absolute atomic E-state index is 0.0257. The Morgan fingerprint density at radius 1 is 1.19 bits per heavy atom. The summed E-state index contributed by atoms with van der Waals surface area (Å²) in [5.41, 5.74) is 2.49. The number of carbonyl (C=O) groups excluding carboxylic acids is 2. The van der Waals surface area contributed by atoms with Crippen molar-refractivity contribution in [1.82, 2.24) is 10.7 Å². The van der Waals surface area contributed by atoms with Gasteiger partial charge in [0.25, 0.3) is 0 Å². The molecule has 0 radical (unpaired) electrons. The molecule has 1 heterocycles. The van der Waals surface area contributed by atoms with Gasteiger partial charge in [-0.15, -0.1) is 0 Å². The number of benzene rings is 1. The van der Waals surface area contributed by atoms with E-state index in [1.54, 1.807) is 30.3 Å². The van der Waals surface area contributed by atoms with E-state index in [0.717, 1.165) is 0 Å². The number of nitrogens with zero attached hydrogens (tertiary/aromatic N) is 1. The van der Waals surface area contributed by atoms with Crippen molar-refractivity contribution in [3.8, 4) is 5.75 Å². The van der Waals surface area contributed by atoms with Gasteiger partial charge >= 0.3 is 11.8 Å². The molecule has 2 amide bonds. The Hall–Kier alpha value is -3.09. The van der Waals surface area contributed by atoms with Crippen molar-refractivity contribution in [3.63, 3.8) is 0 Å². The summed E-state index contributed by atoms with van der Waals surface area (Å²) in [6.45, 7) is 0.114. The van der Waals surface area contributed by atoms with E-state index in [-0.39, 0.29) is 12.3 Å². The number of para-hydroxylation sites is 1. The van der Waals surface area contributed by atoms with E-state index in [2.05, 4.69) is 15.8 Å². The summed E-state index contributed by atoms with van der Waals surface area (Å²) in [6.07, 6.45) is 2.71. The largest absolute Gasteiger partial charge is 0.507 e. The first-order valence-corrected chi connectivity index (χ1v) is 6.08. The molecule has 2 rings (SSSR count). The van der Waals surface area contributed by atoms with Crippen molar-refractivity contribution in [2.24, 2.45) is 5.10 Å². The molecule has 7 heteroatoms. The van der Waals surface area contributed by atoms with Crippen LogP contribution < -0.4 is 10.7 Å². The number of rotatable bonds is 4. The Labute approximate surface area is 120 Å². The Morgan fingerprint density at radius 3 is 2.71 bits per heavy atom. The number of hydrazone groups is 1. The summed E-state index contributed by atoms with van der Waals surface area (Å²) < 4.78 is 5.01. The van der Waals surface area contributed by atoms with Crippen LogP contribution in [0.15, 0.2) is 52.2 Å². The number of hydrogen-bond donors (Lipinski definition) is 3. The van der Waals surface area contributed by atoms with Crippen molar-refractivity contribution in [2.75, 3.05) is 0 Å². The van der Waals surface area contributed by atoms with Crippen LogP contribution in [-0.4, -0.2) is 23.1 Å². The molecule has 0 atom stereocenters. The zero-order chi connectivity index (χ0) is 15.1. The maximum Gasteiger partial charge on any atom is 0.329 e. The van der Waals surface area contributed by atoms with Crippen molar-refractivity contribution >= 4 is 18.0 Å². The van der Waals surface area contributed by atoms with E-state index in [4.69, 9.17) is 4.42 Å². The smallest absolute Gasteiger partial charge is 0.329 e. The fraction of sp³-hybridized carbons (Fsp3) is 0.0714. The first kappa shape index (κ1) is 14.3. The molecule has 7 nitrogen and oxygen atoms in total. The fourth-order valence-corrected chi connectivity index (χ4v) is 1.47. The highest BCUT2D eigenvalue weighted by molar-refractivity contribution is 6.35. The highest BCUT2D eigenvalue weighted by atomic mass is 16.3. The fourth-order valence-electron chi connectivity index (χ4n) is 1.47. The summed E-state index contributed by atoms with van der Waals surface area (Å²) in [6, 6.07) is 9.82. The first-order valence-electron chi connectivity index (χ1n) is 6.08. The molecule has 3 N–H and O–H groups in total. The van der Waals surface area contributed by atoms with Gasteiger partial charge in [-0.3, -0.25) is 9.59 Å². The van der Waals surface area contributed by atoms with Gasteiger partial charge in [0.2, 0.25) is 0 Å². The van der Waals surface area contributed by atoms with Crippen LogP contribution in [-0.2, 0) is 16.1 Å². The topological polar surface area (TPSA) is 104 Å². The van der Waals surface area contributed by atoms with Crippen molar-refractivity contribution in [2.45, 2.75) is 6.54 Å². The van der Waals surface area contributed by atoms with Crippen molar-refractivity contribution in [3.05, 3.63) is 54.0 Å². The molecular formula is C14H13N3O4. The van der Waals surface area contributed by atoms with Crippen LogP contribution in [0.25, 0.3) is 0 Å². The minimum Gasteiger partial charge on any atom is -0.507 e. The molecule has 0 saturated heterocycles. The maximum atomic E-state index is 11.5. The predicted molar refractivity (Wildman–Crippen MR) is 74.4 cm³/mol. The molecule has 0 unspecified atom stereocenters. The van der Waals surface area contributed by atoms with E-state index >= 15 is 0 Å². The summed E-state index contributed by atoms with van der Waals surface area (Å²) >= 11 is 0. The summed E-state index contributed by atoms with van der Waals surface area (Å²) in [7, 11) is 0. The molecule has 0 aliphatic carbocycles. The van der Waals surface area contributed by atoms with E-state index in [0.29, 0.717) is 11.3 Å². The van der Waals surface area contributed by atoms with Gasteiger partial charge in [0.1, 0.15) is 11.5 Å². The normalized spacial score (nSPS) is 10.5. The number of hydrogen-bond acceptors (Lipinski definition) is 5. The van der Waals surface area contributed by atoms with Crippen LogP contribution in [0.4, 0.5) is 0 Å². The average molecular weight is 287 g/mol. The average Bonchev–Trinajstić information content (AvgIpc) is 3.00. The lowest BCUT2D eigenvalue weighted by atomic mass is 10.2. The second-order valence-electron chi connectivity index (χ2n) is 4.02. The van der Waals surface area contributed by atoms with Crippen molar-refractivity contribution in [1.29, 1.82) is 0 Å². The molecule has 2 aromatic rings. The molecule has 0 aliphatic heterocycles. The number of amides is 2. The number of phenols is 1. The van der Waals surface area contributed by atoms with Gasteiger partial charge in [-0.1, -0.05) is 12.1 Å². The highest BCUT2D eigenvalue weighted by Gasteiger charge is 2.12. The van der Waals surface area contributed by atoms with Gasteiger partial charge in [0.15, 0.2) is 0 Å². The number of carbonyl (C=O) groups is 2. The highest BCUT2D eigenvalue weighted by Crippen LogP contribution is 2.12. The number of nitrogens with one attached hydrogen (secondary N) is 2. The zero-order valence-electron chi connectivity index (χ0n) is 10.9. The standard InChI is InChI=1S/C14H13N3O4/c18-12-6-2-1-4-10(12)8-16-17-14(20)13(19)15-9-11-5-3-7-21-11/h1-8,18H,9H2,(H,15,19)(H,17,20)/b16-8-. The van der Waals surface area contributed by atoms with Crippen LogP contribution in [0.1, 0.15) is 11.3 Å². The van der Waals surface area contributed by atoms with Crippen LogP contribution in [0.5, 0.6) is 5.75 Å². The molecule has 1 aromatic heterocycles. The third kappa shape index (κ3) is 4.20. The third-order valence-electron chi connectivity index (χ3n) is 2.52. The Balaban J connectivity index is 1.81. The van der Waals surface area contributed by atoms with Gasteiger partial charge in [0.05, 0.1) is 19.0 Å². The lowest BCUT2D eigenvalue weighted by Gasteiger charge is -2.01. The van der Waals surface area contributed by atoms with Gasteiger partial charge in [-0.2, -0.15) is 5.10 Å². The molecule has 0 aliphatic rings. The second-order valence-corrected chi connectivity index (χ2v) is 4.02. The summed E-state index contributed by atoms with van der Waals surface area (Å²) in [4.78, 5) is 22.9. The number of aromatic hydroxyl groups is 1. The van der Waals surface area contributed by atoms with Crippen LogP contribution in [0, 0.1) is 0 Å². The lowest BCUT2D eigenvalue weighted by molar-refractivity contribution is -0.139. The van der Waals surface area contributed by atoms with Gasteiger partial charge in [-0.25, -0.2) is 5.43 Å². The van der Waals surface area contributed by atoms with Crippen LogP contribution in [0.2, 0.25) is 0 Å². The predicted octanol–water partition coefficient (Wildman–Crippen LogP) is 0.752.